The number of phenols is 1. The van der Waals surface area contributed by atoms with Crippen LogP contribution in [0.3, 0.4) is 0 Å². The van der Waals surface area contributed by atoms with Crippen LogP contribution in [-0.4, -0.2) is 35.8 Å². The second kappa shape index (κ2) is 8.66. The van der Waals surface area contributed by atoms with Crippen molar-refractivity contribution < 1.29 is 19.4 Å². The lowest BCUT2D eigenvalue weighted by Gasteiger charge is -2.07. The fraction of sp³-hybridized carbons (Fsp3) is 0.400. The summed E-state index contributed by atoms with van der Waals surface area (Å²) in [7, 11) is 0. The third kappa shape index (κ3) is 6.25. The highest BCUT2D eigenvalue weighted by Gasteiger charge is 2.09. The van der Waals surface area contributed by atoms with Gasteiger partial charge in [-0.1, -0.05) is 0 Å². The zero-order chi connectivity index (χ0) is 16.5. The molecule has 0 fully saturated rings. The average Bonchev–Trinajstić information content (AvgIpc) is 2.41. The smallest absolute Gasteiger partial charge is 0.249 e. The third-order valence-electron chi connectivity index (χ3n) is 2.46. The minimum atomic E-state index is -0.502. The van der Waals surface area contributed by atoms with Crippen LogP contribution in [0, 0.1) is 0 Å². The van der Waals surface area contributed by atoms with Crippen LogP contribution in [0.5, 0.6) is 11.5 Å². The first kappa shape index (κ1) is 17.5. The van der Waals surface area contributed by atoms with Gasteiger partial charge in [-0.05, 0) is 44.5 Å². The van der Waals surface area contributed by atoms with E-state index < -0.39 is 5.91 Å². The number of benzene rings is 1. The Labute approximate surface area is 129 Å². The number of hydrazone groups is 1. The summed E-state index contributed by atoms with van der Waals surface area (Å²) in [5.74, 6) is -0.480. The van der Waals surface area contributed by atoms with Crippen molar-refractivity contribution in [3.63, 3.8) is 0 Å². The van der Waals surface area contributed by atoms with Crippen LogP contribution in [-0.2, 0) is 9.59 Å². The third-order valence-corrected chi connectivity index (χ3v) is 2.46. The SMILES string of the molecule is CCOc1cc(/C=N/NC(=O)CC(=O)NC(C)C)ccc1O. The largest absolute Gasteiger partial charge is 0.504 e. The van der Waals surface area contributed by atoms with Crippen molar-refractivity contribution in [3.05, 3.63) is 23.8 Å². The van der Waals surface area contributed by atoms with E-state index in [1.54, 1.807) is 12.1 Å². The van der Waals surface area contributed by atoms with Crippen LogP contribution in [0.4, 0.5) is 0 Å². The van der Waals surface area contributed by atoms with Gasteiger partial charge >= 0.3 is 0 Å². The summed E-state index contributed by atoms with van der Waals surface area (Å²) in [6.07, 6.45) is 1.12. The fourth-order valence-corrected chi connectivity index (χ4v) is 1.62. The van der Waals surface area contributed by atoms with E-state index in [1.165, 1.54) is 12.3 Å². The van der Waals surface area contributed by atoms with Gasteiger partial charge in [-0.3, -0.25) is 9.59 Å². The van der Waals surface area contributed by atoms with Crippen LogP contribution in [0.1, 0.15) is 32.8 Å². The summed E-state index contributed by atoms with van der Waals surface area (Å²) in [4.78, 5) is 22.9. The van der Waals surface area contributed by atoms with E-state index >= 15 is 0 Å². The molecule has 0 saturated heterocycles. The molecular weight excluding hydrogens is 286 g/mol. The summed E-state index contributed by atoms with van der Waals surface area (Å²) < 4.78 is 5.24. The van der Waals surface area contributed by atoms with Gasteiger partial charge in [0.2, 0.25) is 11.8 Å². The molecule has 3 N–H and O–H groups in total. The molecule has 0 unspecified atom stereocenters. The summed E-state index contributed by atoms with van der Waals surface area (Å²) in [6, 6.07) is 4.68. The molecule has 1 aromatic rings. The molecule has 22 heavy (non-hydrogen) atoms. The first-order valence-corrected chi connectivity index (χ1v) is 6.99. The van der Waals surface area contributed by atoms with Crippen molar-refractivity contribution in [2.75, 3.05) is 6.61 Å². The molecule has 0 radical (unpaired) electrons. The molecule has 0 heterocycles. The van der Waals surface area contributed by atoms with E-state index in [0.717, 1.165) is 0 Å². The number of aromatic hydroxyl groups is 1. The van der Waals surface area contributed by atoms with Gasteiger partial charge in [-0.2, -0.15) is 5.10 Å². The highest BCUT2D eigenvalue weighted by atomic mass is 16.5. The van der Waals surface area contributed by atoms with Crippen molar-refractivity contribution in [2.45, 2.75) is 33.2 Å². The molecule has 1 aromatic carbocycles. The van der Waals surface area contributed by atoms with Crippen molar-refractivity contribution in [3.8, 4) is 11.5 Å². The highest BCUT2D eigenvalue weighted by Crippen LogP contribution is 2.26. The Balaban J connectivity index is 2.53. The number of nitrogens with zero attached hydrogens (tertiary/aromatic N) is 1. The molecule has 7 heteroatoms. The minimum Gasteiger partial charge on any atom is -0.504 e. The number of rotatable bonds is 7. The van der Waals surface area contributed by atoms with E-state index in [0.29, 0.717) is 17.9 Å². The molecule has 0 spiro atoms. The number of hydrogen-bond donors (Lipinski definition) is 3. The van der Waals surface area contributed by atoms with Gasteiger partial charge in [0.05, 0.1) is 12.8 Å². The topological polar surface area (TPSA) is 100 Å². The Morgan fingerprint density at radius 1 is 1.36 bits per heavy atom. The molecule has 0 aliphatic carbocycles. The van der Waals surface area contributed by atoms with E-state index in [-0.39, 0.29) is 24.1 Å². The Hall–Kier alpha value is -2.57. The lowest BCUT2D eigenvalue weighted by molar-refractivity contribution is -0.129. The molecule has 0 bridgehead atoms. The average molecular weight is 307 g/mol. The molecule has 0 aliphatic heterocycles. The van der Waals surface area contributed by atoms with E-state index in [9.17, 15) is 14.7 Å². The maximum Gasteiger partial charge on any atom is 0.249 e. The van der Waals surface area contributed by atoms with E-state index in [1.807, 2.05) is 20.8 Å². The van der Waals surface area contributed by atoms with Crippen LogP contribution in [0.25, 0.3) is 0 Å². The Kier molecular flexibility index (Phi) is 6.88. The Morgan fingerprint density at radius 3 is 2.73 bits per heavy atom. The first-order valence-electron chi connectivity index (χ1n) is 6.99. The summed E-state index contributed by atoms with van der Waals surface area (Å²) in [6.45, 7) is 5.86. The molecular formula is C15H21N3O4. The maximum atomic E-state index is 11.5. The van der Waals surface area contributed by atoms with Gasteiger partial charge in [0.1, 0.15) is 6.42 Å². The normalized spacial score (nSPS) is 10.7. The van der Waals surface area contributed by atoms with Crippen molar-refractivity contribution in [1.29, 1.82) is 0 Å². The molecule has 0 saturated carbocycles. The molecule has 7 nitrogen and oxygen atoms in total. The Morgan fingerprint density at radius 2 is 2.09 bits per heavy atom. The van der Waals surface area contributed by atoms with E-state index in [2.05, 4.69) is 15.8 Å². The van der Waals surface area contributed by atoms with Crippen molar-refractivity contribution in [1.82, 2.24) is 10.7 Å². The van der Waals surface area contributed by atoms with Crippen molar-refractivity contribution >= 4 is 18.0 Å². The van der Waals surface area contributed by atoms with Crippen LogP contribution in [0.15, 0.2) is 23.3 Å². The van der Waals surface area contributed by atoms with Gasteiger partial charge in [-0.15, -0.1) is 0 Å². The van der Waals surface area contributed by atoms with Gasteiger partial charge in [-0.25, -0.2) is 5.43 Å². The highest BCUT2D eigenvalue weighted by molar-refractivity contribution is 5.97. The molecule has 0 aromatic heterocycles. The van der Waals surface area contributed by atoms with Gasteiger partial charge in [0.15, 0.2) is 11.5 Å². The molecule has 120 valence electrons. The van der Waals surface area contributed by atoms with Crippen LogP contribution < -0.4 is 15.5 Å². The van der Waals surface area contributed by atoms with Crippen LogP contribution in [0.2, 0.25) is 0 Å². The van der Waals surface area contributed by atoms with Gasteiger partial charge in [0.25, 0.3) is 0 Å². The number of amides is 2. The molecule has 0 aliphatic rings. The standard InChI is InChI=1S/C15H21N3O4/c1-4-22-13-7-11(5-6-12(13)19)9-16-18-15(21)8-14(20)17-10(2)3/h5-7,9-10,19H,4,8H2,1-3H3,(H,17,20)(H,18,21)/b16-9+. The molecule has 0 atom stereocenters. The maximum absolute atomic E-state index is 11.5. The predicted molar refractivity (Wildman–Crippen MR) is 82.9 cm³/mol. The fourth-order valence-electron chi connectivity index (χ4n) is 1.62. The van der Waals surface area contributed by atoms with Gasteiger partial charge < -0.3 is 15.2 Å². The second-order valence-corrected chi connectivity index (χ2v) is 4.85. The zero-order valence-corrected chi connectivity index (χ0v) is 12.9. The van der Waals surface area contributed by atoms with Gasteiger partial charge in [0, 0.05) is 6.04 Å². The number of phenolic OH excluding ortho intramolecular Hbond substituents is 1. The second-order valence-electron chi connectivity index (χ2n) is 4.85. The van der Waals surface area contributed by atoms with E-state index in [4.69, 9.17) is 4.74 Å². The van der Waals surface area contributed by atoms with Crippen LogP contribution >= 0.6 is 0 Å². The van der Waals surface area contributed by atoms with Crippen molar-refractivity contribution in [2.24, 2.45) is 5.10 Å². The number of ether oxygens (including phenoxy) is 1. The lowest BCUT2D eigenvalue weighted by Crippen LogP contribution is -2.34. The quantitative estimate of drug-likeness (QED) is 0.400. The molecule has 2 amide bonds. The Bertz CT molecular complexity index is 556. The summed E-state index contributed by atoms with van der Waals surface area (Å²) in [5.41, 5.74) is 2.91. The zero-order valence-electron chi connectivity index (χ0n) is 12.9. The monoisotopic (exact) mass is 307 g/mol. The minimum absolute atomic E-state index is 0.0159. The number of carbonyl (C=O) groups excluding carboxylic acids is 2. The lowest BCUT2D eigenvalue weighted by atomic mass is 10.2. The predicted octanol–water partition coefficient (Wildman–Crippen LogP) is 1.16. The molecule has 1 rings (SSSR count). The summed E-state index contributed by atoms with van der Waals surface area (Å²) in [5, 5.41) is 15.9. The summed E-state index contributed by atoms with van der Waals surface area (Å²) >= 11 is 0. The number of hydrogen-bond acceptors (Lipinski definition) is 5. The first-order chi connectivity index (χ1) is 10.4. The number of nitrogens with one attached hydrogen (secondary N) is 2. The number of carbonyl (C=O) groups is 2.